The second-order valence-corrected chi connectivity index (χ2v) is 12.7. The summed E-state index contributed by atoms with van der Waals surface area (Å²) in [7, 11) is 0. The van der Waals surface area contributed by atoms with Crippen LogP contribution in [0.1, 0.15) is 67.3 Å². The molecule has 2 aliphatic heterocycles. The molecule has 2 aromatic carbocycles. The van der Waals surface area contributed by atoms with E-state index in [0.717, 1.165) is 62.0 Å². The van der Waals surface area contributed by atoms with Crippen LogP contribution in [0.4, 0.5) is 10.8 Å². The van der Waals surface area contributed by atoms with Crippen molar-refractivity contribution in [3.8, 4) is 5.75 Å². The van der Waals surface area contributed by atoms with Crippen molar-refractivity contribution >= 4 is 28.1 Å². The molecule has 2 N–H and O–H groups in total. The molecule has 208 valence electrons. The lowest BCUT2D eigenvalue weighted by atomic mass is 9.86. The fourth-order valence-electron chi connectivity index (χ4n) is 5.38. The average molecular weight is 549 g/mol. The number of aromatic nitrogens is 1. The van der Waals surface area contributed by atoms with Crippen LogP contribution in [0, 0.1) is 0 Å². The molecule has 0 unspecified atom stereocenters. The number of nitrogens with zero attached hydrogens (tertiary/aromatic N) is 3. The van der Waals surface area contributed by atoms with Gasteiger partial charge in [-0.05, 0) is 35.1 Å². The lowest BCUT2D eigenvalue weighted by Crippen LogP contribution is -2.48. The van der Waals surface area contributed by atoms with E-state index >= 15 is 0 Å². The summed E-state index contributed by atoms with van der Waals surface area (Å²) in [4.78, 5) is 22.3. The molecule has 1 spiro atoms. The molecule has 2 aliphatic rings. The predicted molar refractivity (Wildman–Crippen MR) is 158 cm³/mol. The van der Waals surface area contributed by atoms with Crippen molar-refractivity contribution in [1.29, 1.82) is 0 Å². The van der Waals surface area contributed by atoms with Gasteiger partial charge in [0, 0.05) is 58.6 Å². The van der Waals surface area contributed by atoms with Gasteiger partial charge in [-0.25, -0.2) is 4.98 Å². The van der Waals surface area contributed by atoms with E-state index in [-0.39, 0.29) is 23.5 Å². The summed E-state index contributed by atoms with van der Waals surface area (Å²) < 4.78 is 6.83. The summed E-state index contributed by atoms with van der Waals surface area (Å²) in [6.45, 7) is 10.8. The minimum absolute atomic E-state index is 0.0681. The Morgan fingerprint density at radius 2 is 1.79 bits per heavy atom. The van der Waals surface area contributed by atoms with Crippen molar-refractivity contribution in [2.75, 3.05) is 42.6 Å². The molecule has 0 radical (unpaired) electrons. The van der Waals surface area contributed by atoms with Crippen LogP contribution in [0.2, 0.25) is 0 Å². The molecule has 7 nitrogen and oxygen atoms in total. The number of rotatable bonds is 7. The van der Waals surface area contributed by atoms with Gasteiger partial charge in [0.05, 0.1) is 11.9 Å². The average Bonchev–Trinajstić information content (AvgIpc) is 3.37. The monoisotopic (exact) mass is 548 g/mol. The molecule has 3 aromatic rings. The SMILES string of the molecule is CC(C)(C)c1ccc(CN2CCC3(CCN(c4ncc(C(=O)NCCCO)s4)CC3)Oc3ccccc32)cc1. The highest BCUT2D eigenvalue weighted by Crippen LogP contribution is 2.42. The van der Waals surface area contributed by atoms with Gasteiger partial charge in [0.15, 0.2) is 5.13 Å². The molecule has 0 saturated carbocycles. The molecule has 1 fully saturated rings. The third-order valence-electron chi connectivity index (χ3n) is 7.85. The Kier molecular flexibility index (Phi) is 8.14. The molecule has 0 aliphatic carbocycles. The van der Waals surface area contributed by atoms with Crippen LogP contribution in [0.5, 0.6) is 5.75 Å². The number of fused-ring (bicyclic) bond motifs is 1. The lowest BCUT2D eigenvalue weighted by Gasteiger charge is -2.41. The van der Waals surface area contributed by atoms with E-state index in [4.69, 9.17) is 9.84 Å². The van der Waals surface area contributed by atoms with Crippen molar-refractivity contribution in [2.24, 2.45) is 0 Å². The standard InChI is InChI=1S/C31H40N4O3S/c1-30(2,3)24-11-9-23(10-12-24)22-35-19-15-31(38-26-8-5-4-7-25(26)35)13-17-34(18-14-31)29-33-21-27(39-29)28(37)32-16-6-20-36/h4-5,7-12,21,36H,6,13-20,22H2,1-3H3,(H,32,37). The highest BCUT2D eigenvalue weighted by atomic mass is 32.1. The number of aliphatic hydroxyl groups is 1. The molecule has 0 bridgehead atoms. The van der Waals surface area contributed by atoms with E-state index in [1.807, 2.05) is 0 Å². The second kappa shape index (κ2) is 11.6. The summed E-state index contributed by atoms with van der Waals surface area (Å²) in [5.41, 5.74) is 3.76. The van der Waals surface area contributed by atoms with E-state index in [2.05, 4.69) is 89.4 Å². The fraction of sp³-hybridized carbons (Fsp3) is 0.484. The van der Waals surface area contributed by atoms with Gasteiger partial charge < -0.3 is 25.0 Å². The first-order valence-corrected chi connectivity index (χ1v) is 14.8. The number of aliphatic hydroxyl groups excluding tert-OH is 1. The van der Waals surface area contributed by atoms with Gasteiger partial charge in [-0.15, -0.1) is 0 Å². The largest absolute Gasteiger partial charge is 0.485 e. The zero-order valence-corrected chi connectivity index (χ0v) is 24.1. The maximum Gasteiger partial charge on any atom is 0.263 e. The van der Waals surface area contributed by atoms with Crippen LogP contribution in [0.3, 0.4) is 0 Å². The minimum Gasteiger partial charge on any atom is -0.485 e. The molecule has 8 heteroatoms. The Bertz CT molecular complexity index is 1260. The molecule has 3 heterocycles. The Balaban J connectivity index is 1.25. The van der Waals surface area contributed by atoms with Crippen LogP contribution in [-0.4, -0.2) is 54.4 Å². The van der Waals surface area contributed by atoms with E-state index in [9.17, 15) is 4.79 Å². The maximum absolute atomic E-state index is 12.4. The first-order chi connectivity index (χ1) is 18.8. The van der Waals surface area contributed by atoms with Crippen LogP contribution in [-0.2, 0) is 12.0 Å². The number of ether oxygens (including phenoxy) is 1. The van der Waals surface area contributed by atoms with Crippen molar-refractivity contribution in [2.45, 2.75) is 64.0 Å². The van der Waals surface area contributed by atoms with Crippen molar-refractivity contribution in [3.63, 3.8) is 0 Å². The summed E-state index contributed by atoms with van der Waals surface area (Å²) in [6.07, 6.45) is 4.99. The Hall–Kier alpha value is -3.10. The number of hydrogen-bond acceptors (Lipinski definition) is 7. The van der Waals surface area contributed by atoms with Crippen LogP contribution >= 0.6 is 11.3 Å². The van der Waals surface area contributed by atoms with Gasteiger partial charge in [-0.3, -0.25) is 4.79 Å². The molecule has 1 amide bonds. The third kappa shape index (κ3) is 6.39. The summed E-state index contributed by atoms with van der Waals surface area (Å²) in [5.74, 6) is 0.836. The van der Waals surface area contributed by atoms with Gasteiger partial charge in [0.2, 0.25) is 0 Å². The minimum atomic E-state index is -0.209. The van der Waals surface area contributed by atoms with Crippen LogP contribution in [0.25, 0.3) is 0 Å². The molecular formula is C31H40N4O3S. The number of piperidine rings is 1. The summed E-state index contributed by atoms with van der Waals surface area (Å²) in [6, 6.07) is 17.5. The number of hydrogen-bond donors (Lipinski definition) is 2. The number of para-hydroxylation sites is 2. The van der Waals surface area contributed by atoms with Crippen LogP contribution < -0.4 is 19.9 Å². The zero-order chi connectivity index (χ0) is 27.5. The number of benzene rings is 2. The zero-order valence-electron chi connectivity index (χ0n) is 23.3. The predicted octanol–water partition coefficient (Wildman–Crippen LogP) is 5.38. The molecule has 1 aromatic heterocycles. The number of amides is 1. The van der Waals surface area contributed by atoms with Gasteiger partial charge in [-0.2, -0.15) is 0 Å². The molecule has 0 atom stereocenters. The number of anilines is 2. The molecule has 1 saturated heterocycles. The Morgan fingerprint density at radius 1 is 1.08 bits per heavy atom. The quantitative estimate of drug-likeness (QED) is 0.386. The van der Waals surface area contributed by atoms with E-state index < -0.39 is 0 Å². The van der Waals surface area contributed by atoms with E-state index in [1.165, 1.54) is 22.5 Å². The first kappa shape index (κ1) is 27.5. The molecule has 39 heavy (non-hydrogen) atoms. The normalized spacial score (nSPS) is 16.9. The van der Waals surface area contributed by atoms with Crippen LogP contribution in [0.15, 0.2) is 54.7 Å². The molecular weight excluding hydrogens is 508 g/mol. The van der Waals surface area contributed by atoms with Crippen molar-refractivity contribution in [3.05, 3.63) is 70.7 Å². The van der Waals surface area contributed by atoms with Gasteiger partial charge in [0.1, 0.15) is 16.2 Å². The number of nitrogens with one attached hydrogen (secondary N) is 1. The Labute approximate surface area is 235 Å². The van der Waals surface area contributed by atoms with E-state index in [0.29, 0.717) is 17.8 Å². The number of carbonyl (C=O) groups excluding carboxylic acids is 1. The lowest BCUT2D eigenvalue weighted by molar-refractivity contribution is 0.0411. The summed E-state index contributed by atoms with van der Waals surface area (Å²) in [5, 5.41) is 12.7. The number of carbonyl (C=O) groups is 1. The maximum atomic E-state index is 12.4. The topological polar surface area (TPSA) is 77.9 Å². The van der Waals surface area contributed by atoms with Crippen molar-refractivity contribution in [1.82, 2.24) is 10.3 Å². The highest BCUT2D eigenvalue weighted by Gasteiger charge is 2.40. The van der Waals surface area contributed by atoms with Gasteiger partial charge >= 0.3 is 0 Å². The number of thiazole rings is 1. The smallest absolute Gasteiger partial charge is 0.263 e. The molecule has 5 rings (SSSR count). The Morgan fingerprint density at radius 3 is 2.51 bits per heavy atom. The van der Waals surface area contributed by atoms with Gasteiger partial charge in [-0.1, -0.05) is 68.5 Å². The first-order valence-electron chi connectivity index (χ1n) is 14.0. The van der Waals surface area contributed by atoms with Gasteiger partial charge in [0.25, 0.3) is 5.91 Å². The fourth-order valence-corrected chi connectivity index (χ4v) is 6.27. The van der Waals surface area contributed by atoms with Crippen molar-refractivity contribution < 1.29 is 14.6 Å². The van der Waals surface area contributed by atoms with E-state index in [1.54, 1.807) is 6.20 Å². The third-order valence-corrected chi connectivity index (χ3v) is 8.90. The second-order valence-electron chi connectivity index (χ2n) is 11.7. The highest BCUT2D eigenvalue weighted by molar-refractivity contribution is 7.17. The summed E-state index contributed by atoms with van der Waals surface area (Å²) >= 11 is 1.43.